The lowest BCUT2D eigenvalue weighted by molar-refractivity contribution is -0.591. The zero-order valence-corrected chi connectivity index (χ0v) is 15.5. The summed E-state index contributed by atoms with van der Waals surface area (Å²) in [5.74, 6) is -3.01. The van der Waals surface area contributed by atoms with E-state index in [1.165, 1.54) is 6.45 Å². The smallest absolute Gasteiger partial charge is 0.430 e. The minimum atomic E-state index is -5.19. The number of rotatable bonds is 2. The Kier molecular flexibility index (Phi) is 7.73. The van der Waals surface area contributed by atoms with E-state index in [0.29, 0.717) is 15.1 Å². The normalized spacial score (nSPS) is 10.8. The molecule has 2 rings (SSSR count). The molecule has 10 heteroatoms. The first-order valence-corrected chi connectivity index (χ1v) is 9.39. The number of benzene rings is 1. The standard InChI is InChI=1S/C10H5Cl3IS.C2HF3O2/c11-7-4-6(5-8(12)10(7)13)14-9-2-1-3-15-9;3-2(4,5)1(6)7/h1-5H;(H,6,7)/q+1;/p-1. The molecule has 0 amide bonds. The van der Waals surface area contributed by atoms with Crippen LogP contribution < -0.4 is 26.3 Å². The molecule has 1 aromatic heterocycles. The van der Waals surface area contributed by atoms with Crippen LogP contribution in [0.25, 0.3) is 0 Å². The number of alkyl halides is 3. The quantitative estimate of drug-likeness (QED) is 0.351. The fraction of sp³-hybridized carbons (Fsp3) is 0.0833. The highest BCUT2D eigenvalue weighted by atomic mass is 127. The second kappa shape index (κ2) is 8.58. The van der Waals surface area contributed by atoms with Crippen molar-refractivity contribution in [2.45, 2.75) is 6.18 Å². The molecule has 0 saturated heterocycles. The second-order valence-electron chi connectivity index (χ2n) is 3.48. The number of hydrogen-bond donors (Lipinski definition) is 0. The number of hydrogen-bond acceptors (Lipinski definition) is 3. The van der Waals surface area contributed by atoms with Gasteiger partial charge < -0.3 is 9.90 Å². The lowest BCUT2D eigenvalue weighted by atomic mass is 10.4. The zero-order valence-electron chi connectivity index (χ0n) is 10.3. The first kappa shape index (κ1) is 19.8. The maximum absolute atomic E-state index is 10.5. The summed E-state index contributed by atoms with van der Waals surface area (Å²) >= 11 is 19.4. The molecule has 0 aliphatic heterocycles. The minimum absolute atomic E-state index is 0.189. The molecule has 1 aromatic carbocycles. The Bertz CT molecular complexity index is 625. The molecule has 22 heavy (non-hydrogen) atoms. The van der Waals surface area contributed by atoms with Crippen LogP contribution in [0.3, 0.4) is 0 Å². The molecule has 2 nitrogen and oxygen atoms in total. The molecular weight excluding hydrogens is 498 g/mol. The van der Waals surface area contributed by atoms with Gasteiger partial charge in [0.05, 0.1) is 15.1 Å². The van der Waals surface area contributed by atoms with Crippen molar-refractivity contribution in [3.05, 3.63) is 51.2 Å². The van der Waals surface area contributed by atoms with Crippen molar-refractivity contribution in [2.24, 2.45) is 0 Å². The van der Waals surface area contributed by atoms with Crippen LogP contribution in [0.2, 0.25) is 15.1 Å². The molecule has 0 spiro atoms. The van der Waals surface area contributed by atoms with E-state index in [2.05, 4.69) is 17.5 Å². The Hall–Kier alpha value is -0.220. The van der Waals surface area contributed by atoms with Gasteiger partial charge in [-0.3, -0.25) is 0 Å². The summed E-state index contributed by atoms with van der Waals surface area (Å²) in [5.41, 5.74) is 0. The van der Waals surface area contributed by atoms with Crippen LogP contribution in [0.5, 0.6) is 0 Å². The number of carbonyl (C=O) groups is 1. The fourth-order valence-corrected chi connectivity index (χ4v) is 5.81. The van der Waals surface area contributed by atoms with Crippen LogP contribution in [0.1, 0.15) is 0 Å². The Labute approximate surface area is 153 Å². The number of thiophene rings is 1. The summed E-state index contributed by atoms with van der Waals surface area (Å²) in [6.07, 6.45) is -5.19. The number of carbonyl (C=O) groups excluding carboxylic acids is 1. The van der Waals surface area contributed by atoms with E-state index >= 15 is 0 Å². The zero-order chi connectivity index (χ0) is 16.9. The molecular formula is C12H5Cl3F3IO2S. The van der Waals surface area contributed by atoms with Crippen LogP contribution in [0.15, 0.2) is 29.6 Å². The molecule has 0 saturated carbocycles. The molecule has 0 unspecified atom stereocenters. The van der Waals surface area contributed by atoms with Crippen LogP contribution in [0, 0.1) is 6.45 Å². The molecule has 0 aliphatic carbocycles. The predicted molar refractivity (Wildman–Crippen MR) is 74.2 cm³/mol. The molecule has 0 atom stereocenters. The topological polar surface area (TPSA) is 40.1 Å². The molecule has 2 aromatic rings. The summed E-state index contributed by atoms with van der Waals surface area (Å²) in [6, 6.07) is 8.00. The average Bonchev–Trinajstić information content (AvgIpc) is 2.88. The second-order valence-corrected chi connectivity index (χ2v) is 9.30. The van der Waals surface area contributed by atoms with Crippen molar-refractivity contribution in [1.82, 2.24) is 0 Å². The van der Waals surface area contributed by atoms with E-state index in [4.69, 9.17) is 44.7 Å². The third-order valence-electron chi connectivity index (χ3n) is 1.87. The van der Waals surface area contributed by atoms with Crippen molar-refractivity contribution in [3.63, 3.8) is 0 Å². The largest absolute Gasteiger partial charge is 0.542 e. The van der Waals surface area contributed by atoms with Gasteiger partial charge in [0.15, 0.2) is 3.57 Å². The van der Waals surface area contributed by atoms with Gasteiger partial charge in [0.25, 0.3) is 0 Å². The van der Waals surface area contributed by atoms with Gasteiger partial charge in [-0.1, -0.05) is 46.1 Å². The van der Waals surface area contributed by atoms with Crippen molar-refractivity contribution in [3.8, 4) is 0 Å². The Balaban J connectivity index is 0.000000295. The number of aliphatic carboxylic acids is 1. The van der Waals surface area contributed by atoms with E-state index in [1.54, 1.807) is 11.3 Å². The Morgan fingerprint density at radius 1 is 1.18 bits per heavy atom. The molecule has 1 heterocycles. The highest BCUT2D eigenvalue weighted by molar-refractivity contribution is 7.07. The van der Waals surface area contributed by atoms with Gasteiger partial charge in [0, 0.05) is 18.2 Å². The molecule has 0 aliphatic rings. The highest BCUT2D eigenvalue weighted by Crippen LogP contribution is 2.28. The van der Waals surface area contributed by atoms with E-state index in [9.17, 15) is 13.2 Å². The SMILES string of the molecule is Clc1cc([I+]c2cccs2)cc(Cl)c1Cl.O=C([O-])C(F)(F)F. The van der Waals surface area contributed by atoms with Crippen molar-refractivity contribution in [1.29, 1.82) is 0 Å². The molecule has 0 N–H and O–H groups in total. The summed E-state index contributed by atoms with van der Waals surface area (Å²) in [4.78, 5) is 8.78. The fourth-order valence-electron chi connectivity index (χ4n) is 0.999. The summed E-state index contributed by atoms with van der Waals surface area (Å²) in [6.45, 7) is 0. The summed E-state index contributed by atoms with van der Waals surface area (Å²) in [7, 11) is 0. The van der Waals surface area contributed by atoms with E-state index in [0.717, 1.165) is 0 Å². The maximum Gasteiger partial charge on any atom is 0.430 e. The Morgan fingerprint density at radius 2 is 1.68 bits per heavy atom. The molecule has 120 valence electrons. The third kappa shape index (κ3) is 6.49. The predicted octanol–water partition coefficient (Wildman–Crippen LogP) is 1.14. The lowest BCUT2D eigenvalue weighted by Crippen LogP contribution is -3.61. The van der Waals surface area contributed by atoms with E-state index < -0.39 is 12.1 Å². The monoisotopic (exact) mass is 502 g/mol. The van der Waals surface area contributed by atoms with Gasteiger partial charge in [0.1, 0.15) is 5.97 Å². The number of carboxylic acid groups (broad SMARTS) is 1. The van der Waals surface area contributed by atoms with Crippen LogP contribution in [-0.2, 0) is 4.79 Å². The molecule has 0 radical (unpaired) electrons. The van der Waals surface area contributed by atoms with Crippen molar-refractivity contribution < 1.29 is 44.3 Å². The first-order valence-electron chi connectivity index (χ1n) is 5.22. The van der Waals surface area contributed by atoms with Crippen LogP contribution in [-0.4, -0.2) is 12.1 Å². The van der Waals surface area contributed by atoms with Gasteiger partial charge in [-0.15, -0.1) is 0 Å². The molecule has 0 fully saturated rings. The van der Waals surface area contributed by atoms with E-state index in [-0.39, 0.29) is 21.2 Å². The average molecular weight is 503 g/mol. The van der Waals surface area contributed by atoms with Gasteiger partial charge in [-0.2, -0.15) is 13.2 Å². The molecule has 0 bridgehead atoms. The third-order valence-corrected chi connectivity index (χ3v) is 7.14. The van der Waals surface area contributed by atoms with Crippen LogP contribution >= 0.6 is 46.1 Å². The van der Waals surface area contributed by atoms with Crippen molar-refractivity contribution in [2.75, 3.05) is 0 Å². The summed E-state index contributed by atoms with van der Waals surface area (Å²) in [5, 5.41) is 12.4. The van der Waals surface area contributed by atoms with Gasteiger partial charge >= 0.3 is 27.4 Å². The maximum atomic E-state index is 10.5. The van der Waals surface area contributed by atoms with Gasteiger partial charge in [-0.05, 0) is 11.4 Å². The number of halogens is 7. The van der Waals surface area contributed by atoms with E-state index in [1.807, 2.05) is 12.1 Å². The van der Waals surface area contributed by atoms with Crippen molar-refractivity contribution >= 4 is 52.1 Å². The van der Waals surface area contributed by atoms with Crippen LogP contribution in [0.4, 0.5) is 13.2 Å². The summed E-state index contributed by atoms with van der Waals surface area (Å²) < 4.78 is 34.1. The Morgan fingerprint density at radius 3 is 2.05 bits per heavy atom. The minimum Gasteiger partial charge on any atom is -0.542 e. The lowest BCUT2D eigenvalue weighted by Gasteiger charge is -2.03. The van der Waals surface area contributed by atoms with Gasteiger partial charge in [0.2, 0.25) is 2.88 Å². The van der Waals surface area contributed by atoms with Gasteiger partial charge in [-0.25, -0.2) is 0 Å². The first-order chi connectivity index (χ1) is 10.1. The number of carboxylic acids is 1. The highest BCUT2D eigenvalue weighted by Gasteiger charge is 2.28.